The van der Waals surface area contributed by atoms with Gasteiger partial charge in [-0.15, -0.1) is 11.6 Å². The fraction of sp³-hybridized carbons (Fsp3) is 0.524. The van der Waals surface area contributed by atoms with Gasteiger partial charge in [-0.1, -0.05) is 28.9 Å². The van der Waals surface area contributed by atoms with E-state index >= 15 is 0 Å². The van der Waals surface area contributed by atoms with Crippen LogP contribution in [0.3, 0.4) is 0 Å². The fourth-order valence-corrected chi connectivity index (χ4v) is 3.85. The van der Waals surface area contributed by atoms with E-state index < -0.39 is 5.41 Å². The molecule has 30 heavy (non-hydrogen) atoms. The number of alkyl halides is 1. The molecule has 0 bridgehead atoms. The molecule has 0 radical (unpaired) electrons. The Morgan fingerprint density at radius 2 is 2.10 bits per heavy atom. The first-order valence-corrected chi connectivity index (χ1v) is 10.8. The van der Waals surface area contributed by atoms with Crippen LogP contribution in [0.15, 0.2) is 28.8 Å². The number of halogens is 2. The van der Waals surface area contributed by atoms with Crippen LogP contribution in [0, 0.1) is 5.41 Å². The molecule has 1 atom stereocenters. The molecular weight excluding hydrogens is 427 g/mol. The molecule has 2 amide bonds. The molecule has 1 fully saturated rings. The van der Waals surface area contributed by atoms with Gasteiger partial charge in [0.05, 0.1) is 12.0 Å². The van der Waals surface area contributed by atoms with E-state index in [0.29, 0.717) is 23.3 Å². The van der Waals surface area contributed by atoms with Crippen molar-refractivity contribution < 1.29 is 14.1 Å². The molecule has 9 heteroatoms. The highest BCUT2D eigenvalue weighted by atomic mass is 35.5. The van der Waals surface area contributed by atoms with Gasteiger partial charge < -0.3 is 14.3 Å². The number of likely N-dealkylation sites (N-methyl/N-ethyl adjacent to an activating group) is 1. The standard InChI is InChI=1S/C21H26Cl2N4O3/c1-21(2,13-22)20(29)26(3)12-17(28)27-10-5-4-9-16(27)19-24-18(25-30-19)14-7-6-8-15(23)11-14/h6-8,11,16H,4-5,9-10,12-13H2,1-3H3. The van der Waals surface area contributed by atoms with E-state index in [1.807, 2.05) is 12.1 Å². The van der Waals surface area contributed by atoms with Gasteiger partial charge in [0.15, 0.2) is 0 Å². The van der Waals surface area contributed by atoms with Gasteiger partial charge in [0.25, 0.3) is 0 Å². The summed E-state index contributed by atoms with van der Waals surface area (Å²) in [5.41, 5.74) is 0.0239. The van der Waals surface area contributed by atoms with Gasteiger partial charge >= 0.3 is 0 Å². The molecule has 0 aliphatic carbocycles. The van der Waals surface area contributed by atoms with E-state index in [0.717, 1.165) is 24.8 Å². The topological polar surface area (TPSA) is 79.5 Å². The summed E-state index contributed by atoms with van der Waals surface area (Å²) in [6.45, 7) is 4.09. The van der Waals surface area contributed by atoms with Crippen molar-refractivity contribution in [3.63, 3.8) is 0 Å². The number of likely N-dealkylation sites (tertiary alicyclic amines) is 1. The van der Waals surface area contributed by atoms with Crippen molar-refractivity contribution >= 4 is 35.0 Å². The molecule has 0 N–H and O–H groups in total. The lowest BCUT2D eigenvalue weighted by atomic mass is 9.94. The van der Waals surface area contributed by atoms with Crippen LogP contribution in [-0.4, -0.2) is 57.8 Å². The lowest BCUT2D eigenvalue weighted by molar-refractivity contribution is -0.146. The third-order valence-electron chi connectivity index (χ3n) is 5.26. The van der Waals surface area contributed by atoms with Crippen molar-refractivity contribution in [1.82, 2.24) is 19.9 Å². The first-order chi connectivity index (χ1) is 14.2. The second kappa shape index (κ2) is 9.35. The van der Waals surface area contributed by atoms with Crippen LogP contribution in [0.25, 0.3) is 11.4 Å². The van der Waals surface area contributed by atoms with Crippen LogP contribution in [0.5, 0.6) is 0 Å². The number of carbonyl (C=O) groups excluding carboxylic acids is 2. The third-order valence-corrected chi connectivity index (χ3v) is 6.17. The Morgan fingerprint density at radius 1 is 1.33 bits per heavy atom. The van der Waals surface area contributed by atoms with Crippen LogP contribution < -0.4 is 0 Å². The number of piperidine rings is 1. The Labute approximate surface area is 186 Å². The molecule has 1 aliphatic rings. The predicted molar refractivity (Wildman–Crippen MR) is 115 cm³/mol. The smallest absolute Gasteiger partial charge is 0.249 e. The van der Waals surface area contributed by atoms with Crippen LogP contribution in [0.4, 0.5) is 0 Å². The Balaban J connectivity index is 1.75. The Hall–Kier alpha value is -2.12. The predicted octanol–water partition coefficient (Wildman–Crippen LogP) is 4.17. The third kappa shape index (κ3) is 4.95. The summed E-state index contributed by atoms with van der Waals surface area (Å²) in [5, 5.41) is 4.65. The minimum Gasteiger partial charge on any atom is -0.337 e. The molecule has 1 saturated heterocycles. The highest BCUT2D eigenvalue weighted by Gasteiger charge is 2.35. The first-order valence-electron chi connectivity index (χ1n) is 9.93. The number of carbonyl (C=O) groups is 2. The molecule has 0 saturated carbocycles. The number of benzene rings is 1. The van der Waals surface area contributed by atoms with E-state index in [1.165, 1.54) is 4.90 Å². The van der Waals surface area contributed by atoms with Gasteiger partial charge in [-0.05, 0) is 45.2 Å². The molecule has 1 aromatic heterocycles. The van der Waals surface area contributed by atoms with E-state index in [1.54, 1.807) is 37.9 Å². The lowest BCUT2D eigenvalue weighted by Gasteiger charge is -2.35. The average Bonchev–Trinajstić information content (AvgIpc) is 3.23. The van der Waals surface area contributed by atoms with Crippen molar-refractivity contribution in [3.05, 3.63) is 35.2 Å². The maximum absolute atomic E-state index is 13.0. The molecule has 7 nitrogen and oxygen atoms in total. The van der Waals surface area contributed by atoms with Gasteiger partial charge in [0.1, 0.15) is 6.04 Å². The van der Waals surface area contributed by atoms with E-state index in [-0.39, 0.29) is 30.3 Å². The van der Waals surface area contributed by atoms with Gasteiger partial charge in [-0.25, -0.2) is 0 Å². The monoisotopic (exact) mass is 452 g/mol. The number of hydrogen-bond donors (Lipinski definition) is 0. The molecule has 1 aliphatic heterocycles. The highest BCUT2D eigenvalue weighted by molar-refractivity contribution is 6.30. The van der Waals surface area contributed by atoms with Gasteiger partial charge in [-0.2, -0.15) is 4.98 Å². The summed E-state index contributed by atoms with van der Waals surface area (Å²) < 4.78 is 5.51. The van der Waals surface area contributed by atoms with Crippen molar-refractivity contribution in [2.75, 3.05) is 26.0 Å². The molecule has 2 aromatic rings. The number of nitrogens with zero attached hydrogens (tertiary/aromatic N) is 4. The Kier molecular flexibility index (Phi) is 7.03. The molecule has 1 unspecified atom stereocenters. The fourth-order valence-electron chi connectivity index (χ4n) is 3.54. The molecule has 1 aromatic carbocycles. The zero-order chi connectivity index (χ0) is 21.9. The number of hydrogen-bond acceptors (Lipinski definition) is 5. The second-order valence-corrected chi connectivity index (χ2v) is 8.95. The van der Waals surface area contributed by atoms with Crippen molar-refractivity contribution in [2.24, 2.45) is 5.41 Å². The van der Waals surface area contributed by atoms with Crippen molar-refractivity contribution in [1.29, 1.82) is 0 Å². The number of rotatable bonds is 6. The van der Waals surface area contributed by atoms with Crippen LogP contribution in [0.2, 0.25) is 5.02 Å². The van der Waals surface area contributed by atoms with Crippen molar-refractivity contribution in [2.45, 2.75) is 39.2 Å². The SMILES string of the molecule is CN(CC(=O)N1CCCCC1c1nc(-c2cccc(Cl)c2)no1)C(=O)C(C)(C)CCl. The van der Waals surface area contributed by atoms with Crippen LogP contribution in [-0.2, 0) is 9.59 Å². The van der Waals surface area contributed by atoms with Gasteiger partial charge in [0, 0.05) is 30.1 Å². The van der Waals surface area contributed by atoms with Gasteiger partial charge in [0.2, 0.25) is 23.5 Å². The molecule has 162 valence electrons. The first kappa shape index (κ1) is 22.6. The summed E-state index contributed by atoms with van der Waals surface area (Å²) >= 11 is 12.0. The summed E-state index contributed by atoms with van der Waals surface area (Å²) in [6, 6.07) is 6.90. The summed E-state index contributed by atoms with van der Waals surface area (Å²) in [6.07, 6.45) is 2.58. The molecule has 0 spiro atoms. The Bertz CT molecular complexity index is 915. The quantitative estimate of drug-likeness (QED) is 0.614. The largest absolute Gasteiger partial charge is 0.337 e. The van der Waals surface area contributed by atoms with E-state index in [9.17, 15) is 9.59 Å². The summed E-state index contributed by atoms with van der Waals surface area (Å²) in [7, 11) is 1.62. The second-order valence-electron chi connectivity index (χ2n) is 8.24. The van der Waals surface area contributed by atoms with Crippen LogP contribution in [0.1, 0.15) is 45.0 Å². The maximum atomic E-state index is 13.0. The maximum Gasteiger partial charge on any atom is 0.249 e. The average molecular weight is 453 g/mol. The minimum atomic E-state index is -0.726. The normalized spacial score (nSPS) is 17.1. The number of amides is 2. The highest BCUT2D eigenvalue weighted by Crippen LogP contribution is 2.32. The van der Waals surface area contributed by atoms with E-state index in [4.69, 9.17) is 27.7 Å². The Morgan fingerprint density at radius 3 is 2.80 bits per heavy atom. The van der Waals surface area contributed by atoms with E-state index in [2.05, 4.69) is 10.1 Å². The minimum absolute atomic E-state index is 0.0229. The zero-order valence-electron chi connectivity index (χ0n) is 17.4. The lowest BCUT2D eigenvalue weighted by Crippen LogP contribution is -2.47. The zero-order valence-corrected chi connectivity index (χ0v) is 18.9. The summed E-state index contributed by atoms with van der Waals surface area (Å²) in [5.74, 6) is 0.698. The number of aromatic nitrogens is 2. The molecular formula is C21H26Cl2N4O3. The molecule has 3 rings (SSSR count). The van der Waals surface area contributed by atoms with Gasteiger partial charge in [-0.3, -0.25) is 9.59 Å². The van der Waals surface area contributed by atoms with Crippen LogP contribution >= 0.6 is 23.2 Å². The van der Waals surface area contributed by atoms with Crippen molar-refractivity contribution in [3.8, 4) is 11.4 Å². The summed E-state index contributed by atoms with van der Waals surface area (Å²) in [4.78, 5) is 33.3. The molecule has 2 heterocycles.